The van der Waals surface area contributed by atoms with Crippen LogP contribution in [0.25, 0.3) is 0 Å². The third kappa shape index (κ3) is 1.03. The third-order valence-corrected chi connectivity index (χ3v) is 3.85. The van der Waals surface area contributed by atoms with Crippen molar-refractivity contribution in [2.24, 2.45) is 0 Å². The van der Waals surface area contributed by atoms with Crippen LogP contribution in [0, 0.1) is 0 Å². The molecule has 0 bridgehead atoms. The zero-order chi connectivity index (χ0) is 9.60. The molecule has 74 valence electrons. The first-order valence-corrected chi connectivity index (χ1v) is 5.75. The second kappa shape index (κ2) is 3.05. The van der Waals surface area contributed by atoms with Crippen LogP contribution in [0.15, 0.2) is 24.3 Å². The first kappa shape index (κ1) is 8.89. The molecule has 1 aromatic rings. The van der Waals surface area contributed by atoms with E-state index < -0.39 is 5.79 Å². The van der Waals surface area contributed by atoms with E-state index in [1.165, 1.54) is 11.1 Å². The van der Waals surface area contributed by atoms with E-state index in [9.17, 15) is 0 Å². The summed E-state index contributed by atoms with van der Waals surface area (Å²) < 4.78 is 11.5. The van der Waals surface area contributed by atoms with Crippen LogP contribution in [0.1, 0.15) is 11.1 Å². The maximum Gasteiger partial charge on any atom is 0.208 e. The summed E-state index contributed by atoms with van der Waals surface area (Å²) in [6.45, 7) is 1.38. The molecule has 1 heterocycles. The standard InChI is InChI=1S/C11H11BrO2/c12-10-7-8-3-1-2-4-9(8)11(10)13-5-6-14-11/h1-4,10H,5-7H2. The molecule has 2 aliphatic rings. The summed E-state index contributed by atoms with van der Waals surface area (Å²) in [4.78, 5) is 0.245. The second-order valence-electron chi connectivity index (χ2n) is 3.69. The highest BCUT2D eigenvalue weighted by Gasteiger charge is 2.50. The van der Waals surface area contributed by atoms with E-state index >= 15 is 0 Å². The SMILES string of the molecule is BrC1Cc2ccccc2C12OCCO2. The van der Waals surface area contributed by atoms with Gasteiger partial charge in [0.2, 0.25) is 5.79 Å². The zero-order valence-electron chi connectivity index (χ0n) is 7.70. The number of alkyl halides is 1. The van der Waals surface area contributed by atoms with Crippen LogP contribution in [-0.2, 0) is 21.7 Å². The Morgan fingerprint density at radius 3 is 2.71 bits per heavy atom. The van der Waals surface area contributed by atoms with Gasteiger partial charge in [0, 0.05) is 5.56 Å². The Hall–Kier alpha value is -0.380. The molecule has 1 aromatic carbocycles. The molecule has 0 amide bonds. The van der Waals surface area contributed by atoms with Crippen LogP contribution >= 0.6 is 15.9 Å². The Kier molecular flexibility index (Phi) is 1.94. The molecule has 1 spiro atoms. The van der Waals surface area contributed by atoms with E-state index in [1.54, 1.807) is 0 Å². The molecule has 0 radical (unpaired) electrons. The van der Waals surface area contributed by atoms with Crippen molar-refractivity contribution in [2.75, 3.05) is 13.2 Å². The average Bonchev–Trinajstić information content (AvgIpc) is 2.77. The van der Waals surface area contributed by atoms with E-state index in [0.29, 0.717) is 13.2 Å². The lowest BCUT2D eigenvalue weighted by Gasteiger charge is -2.26. The molecule has 3 rings (SSSR count). The minimum atomic E-state index is -0.503. The predicted octanol–water partition coefficient (Wildman–Crippen LogP) is 2.21. The number of hydrogen-bond acceptors (Lipinski definition) is 2. The van der Waals surface area contributed by atoms with Gasteiger partial charge in [0.25, 0.3) is 0 Å². The third-order valence-electron chi connectivity index (χ3n) is 2.92. The van der Waals surface area contributed by atoms with Gasteiger partial charge in [0.1, 0.15) is 0 Å². The van der Waals surface area contributed by atoms with Crippen molar-refractivity contribution < 1.29 is 9.47 Å². The number of rotatable bonds is 0. The molecule has 1 aliphatic carbocycles. The number of benzene rings is 1. The Morgan fingerprint density at radius 1 is 1.21 bits per heavy atom. The van der Waals surface area contributed by atoms with Crippen LogP contribution in [0.4, 0.5) is 0 Å². The van der Waals surface area contributed by atoms with Gasteiger partial charge in [-0.15, -0.1) is 0 Å². The second-order valence-corrected chi connectivity index (χ2v) is 4.80. The van der Waals surface area contributed by atoms with Crippen molar-refractivity contribution >= 4 is 15.9 Å². The van der Waals surface area contributed by atoms with Gasteiger partial charge in [-0.25, -0.2) is 0 Å². The highest BCUT2D eigenvalue weighted by molar-refractivity contribution is 9.09. The summed E-state index contributed by atoms with van der Waals surface area (Å²) in [6, 6.07) is 8.34. The molecule has 14 heavy (non-hydrogen) atoms. The number of hydrogen-bond donors (Lipinski definition) is 0. The molecule has 3 heteroatoms. The van der Waals surface area contributed by atoms with Crippen LogP contribution < -0.4 is 0 Å². The van der Waals surface area contributed by atoms with Gasteiger partial charge in [-0.3, -0.25) is 0 Å². The fourth-order valence-electron chi connectivity index (χ4n) is 2.30. The average molecular weight is 255 g/mol. The minimum absolute atomic E-state index is 0.245. The summed E-state index contributed by atoms with van der Waals surface area (Å²) in [5.41, 5.74) is 2.52. The fourth-order valence-corrected chi connectivity index (χ4v) is 3.16. The van der Waals surface area contributed by atoms with Crippen LogP contribution in [0.2, 0.25) is 0 Å². The Morgan fingerprint density at radius 2 is 1.93 bits per heavy atom. The van der Waals surface area contributed by atoms with Crippen molar-refractivity contribution in [3.63, 3.8) is 0 Å². The first-order chi connectivity index (χ1) is 6.83. The smallest absolute Gasteiger partial charge is 0.208 e. The Balaban J connectivity index is 2.14. The molecule has 1 saturated heterocycles. The largest absolute Gasteiger partial charge is 0.343 e. The molecule has 1 atom stereocenters. The summed E-state index contributed by atoms with van der Waals surface area (Å²) in [6.07, 6.45) is 0.982. The topological polar surface area (TPSA) is 18.5 Å². The quantitative estimate of drug-likeness (QED) is 0.662. The maximum atomic E-state index is 5.77. The lowest BCUT2D eigenvalue weighted by molar-refractivity contribution is -0.157. The van der Waals surface area contributed by atoms with Crippen molar-refractivity contribution in [3.8, 4) is 0 Å². The maximum absolute atomic E-state index is 5.77. The summed E-state index contributed by atoms with van der Waals surface area (Å²) in [5.74, 6) is -0.503. The van der Waals surface area contributed by atoms with Crippen molar-refractivity contribution in [1.82, 2.24) is 0 Å². The van der Waals surface area contributed by atoms with Gasteiger partial charge < -0.3 is 9.47 Å². The van der Waals surface area contributed by atoms with Crippen molar-refractivity contribution in [2.45, 2.75) is 17.0 Å². The number of fused-ring (bicyclic) bond motifs is 2. The predicted molar refractivity (Wildman–Crippen MR) is 56.4 cm³/mol. The normalized spacial score (nSPS) is 28.2. The van der Waals surface area contributed by atoms with Crippen LogP contribution in [-0.4, -0.2) is 18.0 Å². The molecular weight excluding hydrogens is 244 g/mol. The van der Waals surface area contributed by atoms with E-state index in [2.05, 4.69) is 34.1 Å². The monoisotopic (exact) mass is 254 g/mol. The highest BCUT2D eigenvalue weighted by Crippen LogP contribution is 2.46. The lowest BCUT2D eigenvalue weighted by atomic mass is 10.1. The zero-order valence-corrected chi connectivity index (χ0v) is 9.29. The van der Waals surface area contributed by atoms with E-state index in [4.69, 9.17) is 9.47 Å². The molecule has 1 unspecified atom stereocenters. The Bertz CT molecular complexity index is 358. The van der Waals surface area contributed by atoms with Crippen LogP contribution in [0.3, 0.4) is 0 Å². The number of halogens is 1. The summed E-state index contributed by atoms with van der Waals surface area (Å²) in [5, 5.41) is 0. The van der Waals surface area contributed by atoms with Gasteiger partial charge in [0.15, 0.2) is 0 Å². The van der Waals surface area contributed by atoms with Gasteiger partial charge in [-0.05, 0) is 12.0 Å². The lowest BCUT2D eigenvalue weighted by Crippen LogP contribution is -2.33. The molecule has 0 aromatic heterocycles. The van der Waals surface area contributed by atoms with Gasteiger partial charge in [-0.1, -0.05) is 40.2 Å². The van der Waals surface area contributed by atoms with E-state index in [-0.39, 0.29) is 4.83 Å². The van der Waals surface area contributed by atoms with Gasteiger partial charge in [0.05, 0.1) is 18.0 Å². The van der Waals surface area contributed by atoms with E-state index in [1.807, 2.05) is 6.07 Å². The molecule has 0 saturated carbocycles. The number of ether oxygens (including phenoxy) is 2. The molecule has 0 N–H and O–H groups in total. The molecule has 1 fully saturated rings. The first-order valence-electron chi connectivity index (χ1n) is 4.83. The highest BCUT2D eigenvalue weighted by atomic mass is 79.9. The van der Waals surface area contributed by atoms with Crippen LogP contribution in [0.5, 0.6) is 0 Å². The Labute approximate surface area is 91.3 Å². The van der Waals surface area contributed by atoms with Crippen molar-refractivity contribution in [3.05, 3.63) is 35.4 Å². The minimum Gasteiger partial charge on any atom is -0.343 e. The summed E-state index contributed by atoms with van der Waals surface area (Å²) in [7, 11) is 0. The summed E-state index contributed by atoms with van der Waals surface area (Å²) >= 11 is 3.65. The van der Waals surface area contributed by atoms with Gasteiger partial charge in [-0.2, -0.15) is 0 Å². The molecular formula is C11H11BrO2. The molecule has 2 nitrogen and oxygen atoms in total. The fraction of sp³-hybridized carbons (Fsp3) is 0.455. The van der Waals surface area contributed by atoms with E-state index in [0.717, 1.165) is 6.42 Å². The van der Waals surface area contributed by atoms with Crippen molar-refractivity contribution in [1.29, 1.82) is 0 Å². The molecule has 1 aliphatic heterocycles. The van der Waals surface area contributed by atoms with Gasteiger partial charge >= 0.3 is 0 Å².